The zero-order chi connectivity index (χ0) is 14.3. The van der Waals surface area contributed by atoms with Crippen LogP contribution < -0.4 is 4.72 Å². The summed E-state index contributed by atoms with van der Waals surface area (Å²) < 4.78 is 45.0. The van der Waals surface area contributed by atoms with Crippen LogP contribution in [0.1, 0.15) is 13.3 Å². The van der Waals surface area contributed by atoms with E-state index in [4.69, 9.17) is 0 Å². The maximum Gasteiger partial charge on any atom is 0.405 e. The minimum absolute atomic E-state index is 0.0647. The minimum atomic E-state index is -4.51. The molecule has 0 aromatic heterocycles. The van der Waals surface area contributed by atoms with Gasteiger partial charge in [0.2, 0.25) is 0 Å². The van der Waals surface area contributed by atoms with Gasteiger partial charge < -0.3 is 4.74 Å². The number of hydrogen-bond donors (Lipinski definition) is 1. The van der Waals surface area contributed by atoms with Crippen molar-refractivity contribution in [3.05, 3.63) is 30.3 Å². The zero-order valence-corrected chi connectivity index (χ0v) is 11.1. The van der Waals surface area contributed by atoms with Crippen LogP contribution in [0.5, 0.6) is 0 Å². The molecule has 0 radical (unpaired) electrons. The highest BCUT2D eigenvalue weighted by Crippen LogP contribution is 2.26. The second-order valence-electron chi connectivity index (χ2n) is 3.64. The topological polar surface area (TPSA) is 38.3 Å². The van der Waals surface area contributed by atoms with Crippen LogP contribution in [0.4, 0.5) is 13.2 Å². The van der Waals surface area contributed by atoms with Crippen molar-refractivity contribution >= 4 is 17.9 Å². The fourth-order valence-electron chi connectivity index (χ4n) is 1.24. The van der Waals surface area contributed by atoms with E-state index in [1.807, 2.05) is 0 Å². The van der Waals surface area contributed by atoms with Crippen LogP contribution in [-0.2, 0) is 9.53 Å². The Kier molecular flexibility index (Phi) is 6.17. The predicted molar refractivity (Wildman–Crippen MR) is 66.5 cm³/mol. The summed E-state index contributed by atoms with van der Waals surface area (Å²) in [6, 6.07) is 6.63. The van der Waals surface area contributed by atoms with Crippen LogP contribution in [0.25, 0.3) is 0 Å². The van der Waals surface area contributed by atoms with Gasteiger partial charge >= 0.3 is 12.1 Å². The van der Waals surface area contributed by atoms with Gasteiger partial charge in [-0.3, -0.25) is 4.79 Å². The van der Waals surface area contributed by atoms with Crippen molar-refractivity contribution in [2.45, 2.75) is 30.5 Å². The Labute approximate surface area is 113 Å². The van der Waals surface area contributed by atoms with Crippen LogP contribution in [0, 0.1) is 0 Å². The second kappa shape index (κ2) is 7.40. The average molecular weight is 293 g/mol. The number of hydrogen-bond acceptors (Lipinski definition) is 4. The zero-order valence-electron chi connectivity index (χ0n) is 10.2. The monoisotopic (exact) mass is 293 g/mol. The molecule has 0 saturated carbocycles. The number of ether oxygens (including phenoxy) is 1. The molecule has 0 aliphatic heterocycles. The lowest BCUT2D eigenvalue weighted by Gasteiger charge is -2.20. The third-order valence-corrected chi connectivity index (χ3v) is 3.04. The maximum absolute atomic E-state index is 12.7. The number of rotatable bonds is 6. The summed E-state index contributed by atoms with van der Waals surface area (Å²) in [5.74, 6) is -0.869. The van der Waals surface area contributed by atoms with E-state index in [9.17, 15) is 18.0 Å². The molecule has 0 aliphatic carbocycles. The SMILES string of the molecule is CCOC(=O)CC(NSc1ccccc1)C(F)(F)F. The second-order valence-corrected chi connectivity index (χ2v) is 4.55. The van der Waals surface area contributed by atoms with Gasteiger partial charge in [0.15, 0.2) is 0 Å². The molecule has 0 heterocycles. The fourth-order valence-corrected chi connectivity index (χ4v) is 2.03. The lowest BCUT2D eigenvalue weighted by atomic mass is 10.2. The molecule has 1 N–H and O–H groups in total. The first-order valence-electron chi connectivity index (χ1n) is 5.63. The Morgan fingerprint density at radius 3 is 2.53 bits per heavy atom. The van der Waals surface area contributed by atoms with Crippen LogP contribution in [0.3, 0.4) is 0 Å². The summed E-state index contributed by atoms with van der Waals surface area (Å²) in [5.41, 5.74) is 0. The van der Waals surface area contributed by atoms with Gasteiger partial charge in [-0.15, -0.1) is 0 Å². The van der Waals surface area contributed by atoms with Crippen molar-refractivity contribution in [3.8, 4) is 0 Å². The Morgan fingerprint density at radius 2 is 2.00 bits per heavy atom. The van der Waals surface area contributed by atoms with Gasteiger partial charge in [-0.25, -0.2) is 4.72 Å². The number of benzene rings is 1. The predicted octanol–water partition coefficient (Wildman–Crippen LogP) is 3.17. The first-order chi connectivity index (χ1) is 8.93. The number of esters is 1. The quantitative estimate of drug-likeness (QED) is 0.646. The minimum Gasteiger partial charge on any atom is -0.466 e. The molecule has 1 unspecified atom stereocenters. The summed E-state index contributed by atoms with van der Waals surface area (Å²) in [4.78, 5) is 11.8. The van der Waals surface area contributed by atoms with Gasteiger partial charge in [-0.2, -0.15) is 13.2 Å². The summed E-state index contributed by atoms with van der Waals surface area (Å²) in [5, 5.41) is 0. The molecular weight excluding hydrogens is 279 g/mol. The number of carbonyl (C=O) groups is 1. The van der Waals surface area contributed by atoms with E-state index in [0.717, 1.165) is 11.9 Å². The molecule has 0 aliphatic rings. The molecule has 0 spiro atoms. The molecule has 7 heteroatoms. The molecule has 1 aromatic carbocycles. The lowest BCUT2D eigenvalue weighted by molar-refractivity contribution is -0.166. The summed E-state index contributed by atoms with van der Waals surface area (Å²) >= 11 is 0.838. The van der Waals surface area contributed by atoms with Gasteiger partial charge in [0.05, 0.1) is 13.0 Å². The van der Waals surface area contributed by atoms with E-state index >= 15 is 0 Å². The molecule has 1 rings (SSSR count). The third-order valence-electron chi connectivity index (χ3n) is 2.13. The highest BCUT2D eigenvalue weighted by molar-refractivity contribution is 7.97. The number of alkyl halides is 3. The molecule has 19 heavy (non-hydrogen) atoms. The smallest absolute Gasteiger partial charge is 0.405 e. The Bertz CT molecular complexity index is 398. The first-order valence-corrected chi connectivity index (χ1v) is 6.45. The fraction of sp³-hybridized carbons (Fsp3) is 0.417. The van der Waals surface area contributed by atoms with E-state index in [0.29, 0.717) is 4.90 Å². The first kappa shape index (κ1) is 15.8. The van der Waals surface area contributed by atoms with Gasteiger partial charge in [0, 0.05) is 4.90 Å². The van der Waals surface area contributed by atoms with E-state index in [2.05, 4.69) is 9.46 Å². The average Bonchev–Trinajstić information content (AvgIpc) is 2.34. The number of carbonyl (C=O) groups excluding carboxylic acids is 1. The highest BCUT2D eigenvalue weighted by Gasteiger charge is 2.41. The molecule has 0 bridgehead atoms. The normalized spacial score (nSPS) is 13.1. The van der Waals surface area contributed by atoms with Crippen molar-refractivity contribution in [2.24, 2.45) is 0 Å². The number of halogens is 3. The lowest BCUT2D eigenvalue weighted by Crippen LogP contribution is -2.40. The van der Waals surface area contributed by atoms with Gasteiger partial charge in [-0.05, 0) is 31.0 Å². The molecule has 106 valence electrons. The van der Waals surface area contributed by atoms with E-state index in [1.54, 1.807) is 37.3 Å². The van der Waals surface area contributed by atoms with Crippen LogP contribution in [0.15, 0.2) is 35.2 Å². The van der Waals surface area contributed by atoms with Gasteiger partial charge in [-0.1, -0.05) is 18.2 Å². The van der Waals surface area contributed by atoms with E-state index in [1.165, 1.54) is 0 Å². The molecule has 3 nitrogen and oxygen atoms in total. The van der Waals surface area contributed by atoms with Crippen molar-refractivity contribution in [1.82, 2.24) is 4.72 Å². The highest BCUT2D eigenvalue weighted by atomic mass is 32.2. The molecular formula is C12H14F3NO2S. The summed E-state index contributed by atoms with van der Waals surface area (Å²) in [6.45, 7) is 1.61. The van der Waals surface area contributed by atoms with Gasteiger partial charge in [0.25, 0.3) is 0 Å². The van der Waals surface area contributed by atoms with E-state index in [-0.39, 0.29) is 6.61 Å². The number of nitrogens with one attached hydrogen (secondary N) is 1. The van der Waals surface area contributed by atoms with Crippen molar-refractivity contribution in [2.75, 3.05) is 6.61 Å². The van der Waals surface area contributed by atoms with Crippen molar-refractivity contribution in [3.63, 3.8) is 0 Å². The van der Waals surface area contributed by atoms with E-state index < -0.39 is 24.6 Å². The van der Waals surface area contributed by atoms with Gasteiger partial charge in [0.1, 0.15) is 6.04 Å². The Morgan fingerprint density at radius 1 is 1.37 bits per heavy atom. The molecule has 1 atom stereocenters. The standard InChI is InChI=1S/C12H14F3NO2S/c1-2-18-11(17)8-10(12(13,14)15)16-19-9-6-4-3-5-7-9/h3-7,10,16H,2,8H2,1H3. The maximum atomic E-state index is 12.7. The molecule has 0 saturated heterocycles. The van der Waals surface area contributed by atoms with Crippen molar-refractivity contribution < 1.29 is 22.7 Å². The van der Waals surface area contributed by atoms with Crippen molar-refractivity contribution in [1.29, 1.82) is 0 Å². The largest absolute Gasteiger partial charge is 0.466 e. The molecule has 1 aromatic rings. The summed E-state index contributed by atoms with van der Waals surface area (Å²) in [6.07, 6.45) is -5.24. The molecule has 0 amide bonds. The summed E-state index contributed by atoms with van der Waals surface area (Å²) in [7, 11) is 0. The molecule has 0 fully saturated rings. The third kappa shape index (κ3) is 5.98. The van der Waals surface area contributed by atoms with Crippen LogP contribution >= 0.6 is 11.9 Å². The van der Waals surface area contributed by atoms with Crippen LogP contribution in [-0.4, -0.2) is 24.8 Å². The Hall–Kier alpha value is -1.21. The Balaban J connectivity index is 2.58. The van der Waals surface area contributed by atoms with Crippen LogP contribution in [0.2, 0.25) is 0 Å².